The number of carbonyl (C=O) groups is 1. The van der Waals surface area contributed by atoms with Crippen molar-refractivity contribution < 1.29 is 14.6 Å². The largest absolute Gasteiger partial charge is 0.508 e. The smallest absolute Gasteiger partial charge is 0.161 e. The maximum Gasteiger partial charge on any atom is 0.161 e. The first-order valence-corrected chi connectivity index (χ1v) is 11.2. The number of Topliss-reactive ketones (excluding diaryl/α,β-unsaturated/α-hetero) is 1. The Kier molecular flexibility index (Phi) is 8.10. The van der Waals surface area contributed by atoms with Gasteiger partial charge in [0, 0.05) is 19.1 Å². The lowest BCUT2D eigenvalue weighted by atomic mass is 9.62. The van der Waals surface area contributed by atoms with Crippen LogP contribution < -0.4 is 0 Å². The number of methoxy groups -OCH3 is 1. The Balaban J connectivity index is 1.83. The number of phenols is 1. The summed E-state index contributed by atoms with van der Waals surface area (Å²) in [5.74, 6) is 0.995. The number of aryl methyl sites for hydroxylation is 1. The number of ether oxygens (including phenoxy) is 1. The van der Waals surface area contributed by atoms with E-state index < -0.39 is 5.60 Å². The highest BCUT2D eigenvalue weighted by molar-refractivity contribution is 5.98. The zero-order chi connectivity index (χ0) is 21.7. The van der Waals surface area contributed by atoms with Crippen molar-refractivity contribution in [3.8, 4) is 5.75 Å². The van der Waals surface area contributed by atoms with Gasteiger partial charge in [-0.05, 0) is 68.6 Å². The van der Waals surface area contributed by atoms with E-state index in [4.69, 9.17) is 4.74 Å². The van der Waals surface area contributed by atoms with Gasteiger partial charge in [-0.15, -0.1) is 0 Å². The molecule has 0 heterocycles. The molecule has 0 radical (unpaired) electrons. The molecule has 0 saturated heterocycles. The first kappa shape index (κ1) is 23.7. The van der Waals surface area contributed by atoms with E-state index in [9.17, 15) is 9.90 Å². The van der Waals surface area contributed by atoms with Gasteiger partial charge < -0.3 is 9.84 Å². The third-order valence-corrected chi connectivity index (χ3v) is 7.11. The lowest BCUT2D eigenvalue weighted by molar-refractivity contribution is -0.124. The van der Waals surface area contributed by atoms with E-state index in [1.165, 1.54) is 11.1 Å². The highest BCUT2D eigenvalue weighted by Gasteiger charge is 2.49. The van der Waals surface area contributed by atoms with Crippen LogP contribution in [0.4, 0.5) is 0 Å². The van der Waals surface area contributed by atoms with Crippen LogP contribution in [0.25, 0.3) is 0 Å². The summed E-state index contributed by atoms with van der Waals surface area (Å²) in [5.41, 5.74) is 2.77. The molecule has 0 fully saturated rings. The molecule has 2 rings (SSSR count). The number of hydrogen-bond acceptors (Lipinski definition) is 3. The Morgan fingerprint density at radius 3 is 2.59 bits per heavy atom. The molecular weight excluding hydrogens is 360 g/mol. The van der Waals surface area contributed by atoms with E-state index in [0.717, 1.165) is 50.5 Å². The summed E-state index contributed by atoms with van der Waals surface area (Å²) in [6.45, 7) is 10.8. The summed E-state index contributed by atoms with van der Waals surface area (Å²) in [5, 5.41) is 9.54. The number of phenolic OH excluding ortho intramolecular Hbond substituents is 1. The molecule has 0 aliphatic heterocycles. The number of hydrogen-bond donors (Lipinski definition) is 1. The zero-order valence-electron chi connectivity index (χ0n) is 19.3. The molecule has 0 spiro atoms. The van der Waals surface area contributed by atoms with Crippen molar-refractivity contribution >= 4 is 5.78 Å². The quantitative estimate of drug-likeness (QED) is 0.448. The minimum absolute atomic E-state index is 0.0403. The van der Waals surface area contributed by atoms with Crippen LogP contribution in [0.15, 0.2) is 35.4 Å². The number of carbonyl (C=O) groups excluding carboxylic acids is 1. The molecule has 0 bridgehead atoms. The molecule has 1 N–H and O–H groups in total. The van der Waals surface area contributed by atoms with Crippen molar-refractivity contribution in [1.82, 2.24) is 0 Å². The fourth-order valence-electron chi connectivity index (χ4n) is 4.72. The van der Waals surface area contributed by atoms with Gasteiger partial charge in [0.15, 0.2) is 5.78 Å². The predicted molar refractivity (Wildman–Crippen MR) is 120 cm³/mol. The van der Waals surface area contributed by atoms with E-state index in [1.807, 2.05) is 12.1 Å². The second-order valence-electron chi connectivity index (χ2n) is 9.78. The summed E-state index contributed by atoms with van der Waals surface area (Å²) in [6.07, 6.45) is 8.11. The van der Waals surface area contributed by atoms with E-state index in [0.29, 0.717) is 18.1 Å². The molecule has 1 aromatic carbocycles. The molecule has 1 aliphatic carbocycles. The van der Waals surface area contributed by atoms with Gasteiger partial charge in [0.25, 0.3) is 0 Å². The number of ketones is 1. The van der Waals surface area contributed by atoms with Crippen LogP contribution in [0, 0.1) is 11.3 Å². The van der Waals surface area contributed by atoms with Gasteiger partial charge in [0.05, 0.1) is 5.60 Å². The van der Waals surface area contributed by atoms with E-state index >= 15 is 0 Å². The molecule has 2 unspecified atom stereocenters. The van der Waals surface area contributed by atoms with E-state index in [2.05, 4.69) is 40.7 Å². The topological polar surface area (TPSA) is 46.5 Å². The summed E-state index contributed by atoms with van der Waals surface area (Å²) in [4.78, 5) is 13.2. The molecule has 2 atom stereocenters. The minimum atomic E-state index is -0.507. The van der Waals surface area contributed by atoms with Crippen LogP contribution >= 0.6 is 0 Å². The second kappa shape index (κ2) is 9.93. The average Bonchev–Trinajstić information content (AvgIpc) is 2.65. The summed E-state index contributed by atoms with van der Waals surface area (Å²) in [6, 6.07) is 7.52. The molecule has 3 heteroatoms. The number of unbranched alkanes of at least 4 members (excludes halogenated alkanes) is 2. The molecule has 0 saturated carbocycles. The standard InChI is InChI=1S/C26H40O3/c1-19(11-8-7-9-12-21-13-10-14-22(27)18-21)17-23(28)24-20(2)15-16-25(3,4)26(24,5)29-6/h10,13-14,18-19,27H,7-9,11-12,15-17H2,1-6H3. The number of benzene rings is 1. The Hall–Kier alpha value is -1.61. The highest BCUT2D eigenvalue weighted by atomic mass is 16.5. The second-order valence-corrected chi connectivity index (χ2v) is 9.78. The lowest BCUT2D eigenvalue weighted by Crippen LogP contribution is -2.50. The monoisotopic (exact) mass is 400 g/mol. The van der Waals surface area contributed by atoms with E-state index in [1.54, 1.807) is 13.2 Å². The van der Waals surface area contributed by atoms with Crippen LogP contribution in [0.2, 0.25) is 0 Å². The van der Waals surface area contributed by atoms with Crippen LogP contribution in [0.1, 0.15) is 85.1 Å². The normalized spacial score (nSPS) is 22.6. The van der Waals surface area contributed by atoms with Gasteiger partial charge in [0.2, 0.25) is 0 Å². The number of allylic oxidation sites excluding steroid dienone is 1. The van der Waals surface area contributed by atoms with Crippen LogP contribution in [-0.2, 0) is 16.0 Å². The molecule has 0 aromatic heterocycles. The third kappa shape index (κ3) is 5.72. The van der Waals surface area contributed by atoms with Crippen LogP contribution in [-0.4, -0.2) is 23.6 Å². The number of aromatic hydroxyl groups is 1. The Morgan fingerprint density at radius 1 is 1.21 bits per heavy atom. The van der Waals surface area contributed by atoms with Crippen LogP contribution in [0.3, 0.4) is 0 Å². The maximum absolute atomic E-state index is 13.2. The Bertz CT molecular complexity index is 731. The first-order chi connectivity index (χ1) is 13.6. The summed E-state index contributed by atoms with van der Waals surface area (Å²) >= 11 is 0. The van der Waals surface area contributed by atoms with Gasteiger partial charge in [-0.3, -0.25) is 4.79 Å². The van der Waals surface area contributed by atoms with Crippen LogP contribution in [0.5, 0.6) is 5.75 Å². The molecule has 3 nitrogen and oxygen atoms in total. The van der Waals surface area contributed by atoms with Crippen molar-refractivity contribution in [3.05, 3.63) is 41.0 Å². The number of rotatable bonds is 10. The zero-order valence-corrected chi connectivity index (χ0v) is 19.3. The molecule has 29 heavy (non-hydrogen) atoms. The maximum atomic E-state index is 13.2. The molecule has 0 amide bonds. The summed E-state index contributed by atoms with van der Waals surface area (Å²) in [7, 11) is 1.74. The predicted octanol–water partition coefficient (Wildman–Crippen LogP) is 6.63. The first-order valence-electron chi connectivity index (χ1n) is 11.2. The fraction of sp³-hybridized carbons (Fsp3) is 0.654. The van der Waals surface area contributed by atoms with Crippen molar-refractivity contribution in [2.45, 2.75) is 91.6 Å². The highest BCUT2D eigenvalue weighted by Crippen LogP contribution is 2.49. The SMILES string of the molecule is COC1(C)C(C(=O)CC(C)CCCCCc2cccc(O)c2)=C(C)CCC1(C)C. The minimum Gasteiger partial charge on any atom is -0.508 e. The third-order valence-electron chi connectivity index (χ3n) is 7.11. The summed E-state index contributed by atoms with van der Waals surface area (Å²) < 4.78 is 5.95. The average molecular weight is 401 g/mol. The molecule has 1 aliphatic rings. The van der Waals surface area contributed by atoms with Crippen molar-refractivity contribution in [1.29, 1.82) is 0 Å². The Labute approximate surface area is 177 Å². The molecular formula is C26H40O3. The van der Waals surface area contributed by atoms with E-state index in [-0.39, 0.29) is 11.2 Å². The van der Waals surface area contributed by atoms with Crippen molar-refractivity contribution in [3.63, 3.8) is 0 Å². The van der Waals surface area contributed by atoms with Gasteiger partial charge in [-0.25, -0.2) is 0 Å². The van der Waals surface area contributed by atoms with Crippen molar-refractivity contribution in [2.75, 3.05) is 7.11 Å². The lowest BCUT2D eigenvalue weighted by Gasteiger charge is -2.48. The van der Waals surface area contributed by atoms with Crippen molar-refractivity contribution in [2.24, 2.45) is 11.3 Å². The molecule has 162 valence electrons. The molecule has 1 aromatic rings. The van der Waals surface area contributed by atoms with Gasteiger partial charge >= 0.3 is 0 Å². The van der Waals surface area contributed by atoms with Gasteiger partial charge in [-0.2, -0.15) is 0 Å². The van der Waals surface area contributed by atoms with Gasteiger partial charge in [0.1, 0.15) is 5.75 Å². The Morgan fingerprint density at radius 2 is 1.93 bits per heavy atom. The van der Waals surface area contributed by atoms with Gasteiger partial charge in [-0.1, -0.05) is 57.7 Å². The fourth-order valence-corrected chi connectivity index (χ4v) is 4.72.